The van der Waals surface area contributed by atoms with Crippen LogP contribution in [0, 0.1) is 16.7 Å². The Morgan fingerprint density at radius 1 is 1.00 bits per heavy atom. The molecular formula is C29H36O6S2. The molecule has 3 aliphatic heterocycles. The fraction of sp³-hybridized carbons (Fsp3) is 0.655. The fourth-order valence-electron chi connectivity index (χ4n) is 8.10. The minimum atomic E-state index is -1.36. The Bertz CT molecular complexity index is 1080. The smallest absolute Gasteiger partial charge is 0.323 e. The Morgan fingerprint density at radius 3 is 2.38 bits per heavy atom. The van der Waals surface area contributed by atoms with E-state index < -0.39 is 28.6 Å². The second-order valence-electron chi connectivity index (χ2n) is 11.5. The first-order valence-corrected chi connectivity index (χ1v) is 15.3. The molecule has 0 N–H and O–H groups in total. The van der Waals surface area contributed by atoms with Crippen molar-refractivity contribution < 1.29 is 28.5 Å². The lowest BCUT2D eigenvalue weighted by Gasteiger charge is -2.59. The highest BCUT2D eigenvalue weighted by atomic mass is 32.2. The SMILES string of the molecule is COC(=O)C1(C(=O)OC)CCC2[C@]3(C=C[C@@]4(O3)[C@H](OCc3ccccc3)C3(CC[C@]24C)SCCCS3)C1. The predicted octanol–water partition coefficient (Wildman–Crippen LogP) is 5.15. The predicted molar refractivity (Wildman–Crippen MR) is 144 cm³/mol. The van der Waals surface area contributed by atoms with Crippen molar-refractivity contribution in [3.05, 3.63) is 48.0 Å². The molecule has 6 nitrogen and oxygen atoms in total. The van der Waals surface area contributed by atoms with Crippen molar-refractivity contribution >= 4 is 35.5 Å². The van der Waals surface area contributed by atoms with Crippen LogP contribution < -0.4 is 0 Å². The van der Waals surface area contributed by atoms with E-state index in [4.69, 9.17) is 18.9 Å². The number of benzene rings is 1. The Hall–Kier alpha value is -1.48. The Morgan fingerprint density at radius 2 is 1.70 bits per heavy atom. The molecule has 1 aromatic rings. The number of fused-ring (bicyclic) bond motifs is 1. The Kier molecular flexibility index (Phi) is 6.30. The number of carbonyl (C=O) groups excluding carboxylic acids is 2. The molecule has 6 rings (SSSR count). The molecule has 200 valence electrons. The van der Waals surface area contributed by atoms with Gasteiger partial charge in [-0.1, -0.05) is 49.4 Å². The zero-order valence-corrected chi connectivity index (χ0v) is 23.5. The maximum Gasteiger partial charge on any atom is 0.323 e. The normalized spacial score (nSPS) is 38.6. The van der Waals surface area contributed by atoms with Crippen molar-refractivity contribution in [1.29, 1.82) is 0 Å². The Balaban J connectivity index is 1.40. The van der Waals surface area contributed by atoms with Gasteiger partial charge in [0.15, 0.2) is 5.41 Å². The number of esters is 2. The van der Waals surface area contributed by atoms with Crippen LogP contribution in [0.3, 0.4) is 0 Å². The van der Waals surface area contributed by atoms with Crippen LogP contribution in [0.1, 0.15) is 51.0 Å². The summed E-state index contributed by atoms with van der Waals surface area (Å²) in [4.78, 5) is 26.1. The van der Waals surface area contributed by atoms with Gasteiger partial charge < -0.3 is 18.9 Å². The van der Waals surface area contributed by atoms with Gasteiger partial charge in [0.25, 0.3) is 0 Å². The van der Waals surface area contributed by atoms with Gasteiger partial charge in [-0.05, 0) is 49.2 Å². The molecule has 1 unspecified atom stereocenters. The number of carbonyl (C=O) groups is 2. The third-order valence-corrected chi connectivity index (χ3v) is 13.3. The van der Waals surface area contributed by atoms with E-state index in [1.807, 2.05) is 41.7 Å². The van der Waals surface area contributed by atoms with Crippen molar-refractivity contribution in [2.45, 2.75) is 73.4 Å². The first-order chi connectivity index (χ1) is 17.8. The van der Waals surface area contributed by atoms with E-state index in [-0.39, 0.29) is 27.9 Å². The zero-order chi connectivity index (χ0) is 25.9. The van der Waals surface area contributed by atoms with E-state index in [1.165, 1.54) is 20.6 Å². The molecule has 5 aliphatic rings. The van der Waals surface area contributed by atoms with E-state index in [9.17, 15) is 9.59 Å². The first-order valence-electron chi connectivity index (χ1n) is 13.3. The number of methoxy groups -OCH3 is 2. The number of thioether (sulfide) groups is 2. The van der Waals surface area contributed by atoms with Gasteiger partial charge in [-0.3, -0.25) is 9.59 Å². The molecule has 5 atom stereocenters. The lowest BCUT2D eigenvalue weighted by molar-refractivity contribution is -0.189. The Labute approximate surface area is 227 Å². The van der Waals surface area contributed by atoms with E-state index in [1.54, 1.807) is 0 Å². The molecule has 0 aromatic heterocycles. The first kappa shape index (κ1) is 25.8. The topological polar surface area (TPSA) is 71.1 Å². The second-order valence-corrected chi connectivity index (χ2v) is 14.6. The zero-order valence-electron chi connectivity index (χ0n) is 21.8. The van der Waals surface area contributed by atoms with Crippen LogP contribution in [-0.2, 0) is 35.1 Å². The summed E-state index contributed by atoms with van der Waals surface area (Å²) in [5.41, 5.74) is -1.71. The van der Waals surface area contributed by atoms with Crippen LogP contribution in [0.5, 0.6) is 0 Å². The summed E-state index contributed by atoms with van der Waals surface area (Å²) < 4.78 is 24.4. The molecule has 2 aliphatic carbocycles. The monoisotopic (exact) mass is 544 g/mol. The van der Waals surface area contributed by atoms with E-state index in [0.29, 0.717) is 19.4 Å². The maximum absolute atomic E-state index is 13.1. The van der Waals surface area contributed by atoms with Crippen LogP contribution in [0.4, 0.5) is 0 Å². The quantitative estimate of drug-likeness (QED) is 0.286. The van der Waals surface area contributed by atoms with Crippen LogP contribution in [-0.4, -0.2) is 59.0 Å². The average molecular weight is 545 g/mol. The van der Waals surface area contributed by atoms with Gasteiger partial charge in [0.2, 0.25) is 0 Å². The maximum atomic E-state index is 13.1. The van der Waals surface area contributed by atoms with Crippen molar-refractivity contribution in [2.75, 3.05) is 25.7 Å². The number of hydrogen-bond acceptors (Lipinski definition) is 8. The molecule has 2 bridgehead atoms. The molecule has 37 heavy (non-hydrogen) atoms. The van der Waals surface area contributed by atoms with Gasteiger partial charge in [-0.15, -0.1) is 23.5 Å². The summed E-state index contributed by atoms with van der Waals surface area (Å²) in [6.45, 7) is 2.88. The van der Waals surface area contributed by atoms with Gasteiger partial charge >= 0.3 is 11.9 Å². The summed E-state index contributed by atoms with van der Waals surface area (Å²) >= 11 is 4.07. The molecular weight excluding hydrogens is 508 g/mol. The summed E-state index contributed by atoms with van der Waals surface area (Å²) in [6, 6.07) is 10.3. The molecule has 0 amide bonds. The molecule has 8 heteroatoms. The third kappa shape index (κ3) is 3.47. The van der Waals surface area contributed by atoms with Crippen molar-refractivity contribution in [1.82, 2.24) is 0 Å². The van der Waals surface area contributed by atoms with Gasteiger partial charge in [-0.2, -0.15) is 0 Å². The van der Waals surface area contributed by atoms with E-state index in [0.717, 1.165) is 29.9 Å². The summed E-state index contributed by atoms with van der Waals surface area (Å²) in [6.07, 6.45) is 8.88. The van der Waals surface area contributed by atoms with Gasteiger partial charge in [-0.25, -0.2) is 0 Å². The highest BCUT2D eigenvalue weighted by Crippen LogP contribution is 2.75. The highest BCUT2D eigenvalue weighted by molar-refractivity contribution is 8.18. The summed E-state index contributed by atoms with van der Waals surface area (Å²) in [5.74, 6) is 1.37. The minimum absolute atomic E-state index is 0.0856. The standard InChI is InChI=1S/C29H36O6S2/c1-25-12-15-29(36-16-7-17-37-29)22(34-18-20-8-5-4-6-9-20)28(25)14-13-27(35-28)19-26(23(30)32-2,24(31)33-3)11-10-21(25)27/h4-6,8-9,13-14,21-22H,7,10-12,15-19H2,1-3H3/t21?,22-,25+,27-,28+/m0/s1. The lowest BCUT2D eigenvalue weighted by atomic mass is 9.49. The fourth-order valence-corrected chi connectivity index (χ4v) is 11.7. The highest BCUT2D eigenvalue weighted by Gasteiger charge is 2.79. The van der Waals surface area contributed by atoms with Gasteiger partial charge in [0.1, 0.15) is 11.7 Å². The molecule has 4 fully saturated rings. The van der Waals surface area contributed by atoms with Crippen LogP contribution in [0.25, 0.3) is 0 Å². The average Bonchev–Trinajstić information content (AvgIpc) is 3.40. The molecule has 1 aromatic carbocycles. The van der Waals surface area contributed by atoms with Crippen molar-refractivity contribution in [2.24, 2.45) is 16.7 Å². The summed E-state index contributed by atoms with van der Waals surface area (Å²) in [5, 5.41) is 0. The minimum Gasteiger partial charge on any atom is -0.468 e. The van der Waals surface area contributed by atoms with Gasteiger partial charge in [0, 0.05) is 17.8 Å². The number of hydrogen-bond donors (Lipinski definition) is 0. The molecule has 2 saturated heterocycles. The molecule has 3 spiro atoms. The van der Waals surface area contributed by atoms with Crippen molar-refractivity contribution in [3.63, 3.8) is 0 Å². The molecule has 2 saturated carbocycles. The summed E-state index contributed by atoms with van der Waals surface area (Å²) in [7, 11) is 2.68. The van der Waals surface area contributed by atoms with Crippen LogP contribution in [0.2, 0.25) is 0 Å². The molecule has 3 heterocycles. The molecule has 0 radical (unpaired) electrons. The van der Waals surface area contributed by atoms with Crippen LogP contribution >= 0.6 is 23.5 Å². The largest absolute Gasteiger partial charge is 0.468 e. The third-order valence-electron chi connectivity index (χ3n) is 9.84. The van der Waals surface area contributed by atoms with Crippen molar-refractivity contribution in [3.8, 4) is 0 Å². The van der Waals surface area contributed by atoms with E-state index in [2.05, 4.69) is 31.2 Å². The number of ether oxygens (including phenoxy) is 4. The lowest BCUT2D eigenvalue weighted by Crippen LogP contribution is -2.65. The van der Waals surface area contributed by atoms with Gasteiger partial charge in [0.05, 0.1) is 30.5 Å². The second kappa shape index (κ2) is 9.04. The van der Waals surface area contributed by atoms with E-state index >= 15 is 0 Å². The number of rotatable bonds is 5. The van der Waals surface area contributed by atoms with Crippen LogP contribution in [0.15, 0.2) is 42.5 Å².